The first kappa shape index (κ1) is 27.6. The number of benzene rings is 1. The molecule has 0 saturated heterocycles. The standard InChI is InChI=1S/C28H39ClN4O/c1-7-8-9-10-21(4)24(13-20(2)3)16-28(34)30-19-26(33(5)6)14-23-12-11-22(15-27(23)29)25-17-31-32-18-25/h7-12,15,17-18,20,24,26H,4,13-14,16,19H2,1-3,5-6H3,(H,30,34)(H,31,32)/b8-7-,10-9-/t24-,26-/m0/s1. The number of hydrogen-bond donors (Lipinski definition) is 2. The summed E-state index contributed by atoms with van der Waals surface area (Å²) in [5.74, 6) is 0.676. The van der Waals surface area contributed by atoms with Crippen LogP contribution in [0.25, 0.3) is 11.1 Å². The van der Waals surface area contributed by atoms with Crippen molar-refractivity contribution < 1.29 is 4.79 Å². The van der Waals surface area contributed by atoms with Gasteiger partial charge in [0.25, 0.3) is 0 Å². The SMILES string of the molecule is C=C(/C=C\C=C/C)[C@H](CC(=O)NC[C@H](Cc1ccc(-c2cn[nH]c2)cc1Cl)N(C)C)CC(C)C. The molecule has 0 saturated carbocycles. The maximum absolute atomic E-state index is 12.8. The van der Waals surface area contributed by atoms with E-state index < -0.39 is 0 Å². The number of nitrogens with zero attached hydrogens (tertiary/aromatic N) is 2. The van der Waals surface area contributed by atoms with Crippen molar-refractivity contribution in [2.24, 2.45) is 11.8 Å². The van der Waals surface area contributed by atoms with Gasteiger partial charge in [0.1, 0.15) is 0 Å². The van der Waals surface area contributed by atoms with Crippen molar-refractivity contribution >= 4 is 17.5 Å². The number of halogens is 1. The summed E-state index contributed by atoms with van der Waals surface area (Å²) in [7, 11) is 4.06. The fraction of sp³-hybridized carbons (Fsp3) is 0.429. The van der Waals surface area contributed by atoms with E-state index in [2.05, 4.69) is 53.0 Å². The summed E-state index contributed by atoms with van der Waals surface area (Å²) in [6.45, 7) is 11.1. The van der Waals surface area contributed by atoms with Crippen LogP contribution in [0.4, 0.5) is 0 Å². The number of H-pyrrole nitrogens is 1. The van der Waals surface area contributed by atoms with Crippen molar-refractivity contribution in [3.05, 3.63) is 77.6 Å². The predicted molar refractivity (Wildman–Crippen MR) is 144 cm³/mol. The Morgan fingerprint density at radius 3 is 2.62 bits per heavy atom. The molecule has 0 spiro atoms. The van der Waals surface area contributed by atoms with Crippen LogP contribution < -0.4 is 5.32 Å². The quantitative estimate of drug-likeness (QED) is 0.341. The Balaban J connectivity index is 1.99. The molecule has 2 aromatic rings. The van der Waals surface area contributed by atoms with E-state index in [-0.39, 0.29) is 17.9 Å². The first-order valence-electron chi connectivity index (χ1n) is 11.9. The van der Waals surface area contributed by atoms with Gasteiger partial charge >= 0.3 is 0 Å². The van der Waals surface area contributed by atoms with Gasteiger partial charge in [0, 0.05) is 35.8 Å². The van der Waals surface area contributed by atoms with Crippen LogP contribution in [0.1, 0.15) is 39.2 Å². The van der Waals surface area contributed by atoms with Gasteiger partial charge in [-0.3, -0.25) is 9.89 Å². The van der Waals surface area contributed by atoms with Crippen LogP contribution in [0.5, 0.6) is 0 Å². The first-order chi connectivity index (χ1) is 16.2. The second kappa shape index (κ2) is 13.9. The number of carbonyl (C=O) groups is 1. The molecule has 0 fully saturated rings. The maximum Gasteiger partial charge on any atom is 0.220 e. The monoisotopic (exact) mass is 482 g/mol. The highest BCUT2D eigenvalue weighted by Gasteiger charge is 2.20. The van der Waals surface area contributed by atoms with Crippen LogP contribution in [0.3, 0.4) is 0 Å². The third-order valence-electron chi connectivity index (χ3n) is 5.93. The summed E-state index contributed by atoms with van der Waals surface area (Å²) in [5, 5.41) is 10.7. The Hall–Kier alpha value is -2.63. The minimum atomic E-state index is 0.0551. The zero-order chi connectivity index (χ0) is 25.1. The highest BCUT2D eigenvalue weighted by molar-refractivity contribution is 6.31. The minimum absolute atomic E-state index is 0.0551. The number of aromatic amines is 1. The smallest absolute Gasteiger partial charge is 0.220 e. The van der Waals surface area contributed by atoms with Gasteiger partial charge < -0.3 is 10.2 Å². The minimum Gasteiger partial charge on any atom is -0.355 e. The van der Waals surface area contributed by atoms with E-state index in [1.807, 2.05) is 57.6 Å². The number of hydrogen-bond acceptors (Lipinski definition) is 3. The highest BCUT2D eigenvalue weighted by atomic mass is 35.5. The van der Waals surface area contributed by atoms with E-state index in [1.54, 1.807) is 6.20 Å². The highest BCUT2D eigenvalue weighted by Crippen LogP contribution is 2.27. The van der Waals surface area contributed by atoms with Crippen molar-refractivity contribution in [3.8, 4) is 11.1 Å². The van der Waals surface area contributed by atoms with E-state index in [0.717, 1.165) is 40.1 Å². The van der Waals surface area contributed by atoms with Crippen molar-refractivity contribution in [3.63, 3.8) is 0 Å². The Morgan fingerprint density at radius 1 is 1.26 bits per heavy atom. The zero-order valence-corrected chi connectivity index (χ0v) is 21.9. The second-order valence-electron chi connectivity index (χ2n) is 9.41. The van der Waals surface area contributed by atoms with E-state index in [4.69, 9.17) is 11.6 Å². The van der Waals surface area contributed by atoms with Gasteiger partial charge in [0.05, 0.1) is 6.20 Å². The molecule has 184 valence electrons. The van der Waals surface area contributed by atoms with Crippen LogP contribution in [-0.2, 0) is 11.2 Å². The predicted octanol–water partition coefficient (Wildman–Crippen LogP) is 6.06. The maximum atomic E-state index is 12.8. The number of aromatic nitrogens is 2. The van der Waals surface area contributed by atoms with Gasteiger partial charge in [0.15, 0.2) is 0 Å². The number of allylic oxidation sites excluding steroid dienone is 5. The Bertz CT molecular complexity index is 976. The Morgan fingerprint density at radius 2 is 2.03 bits per heavy atom. The number of nitrogens with one attached hydrogen (secondary N) is 2. The molecule has 6 heteroatoms. The number of amides is 1. The summed E-state index contributed by atoms with van der Waals surface area (Å²) < 4.78 is 0. The summed E-state index contributed by atoms with van der Waals surface area (Å²) in [4.78, 5) is 15.0. The molecule has 0 unspecified atom stereocenters. The van der Waals surface area contributed by atoms with Crippen LogP contribution in [-0.4, -0.2) is 47.7 Å². The topological polar surface area (TPSA) is 61.0 Å². The summed E-state index contributed by atoms with van der Waals surface area (Å²) in [5.41, 5.74) is 4.08. The lowest BCUT2D eigenvalue weighted by molar-refractivity contribution is -0.122. The molecule has 2 atom stereocenters. The first-order valence-corrected chi connectivity index (χ1v) is 12.3. The Labute approximate surface area is 210 Å². The summed E-state index contributed by atoms with van der Waals surface area (Å²) >= 11 is 6.60. The van der Waals surface area contributed by atoms with Gasteiger partial charge in [-0.25, -0.2) is 0 Å². The molecule has 0 aliphatic heterocycles. The zero-order valence-electron chi connectivity index (χ0n) is 21.1. The van der Waals surface area contributed by atoms with Crippen LogP contribution in [0.15, 0.2) is 67.0 Å². The fourth-order valence-corrected chi connectivity index (χ4v) is 4.14. The average molecular weight is 483 g/mol. The normalized spacial score (nSPS) is 13.8. The fourth-order valence-electron chi connectivity index (χ4n) is 3.88. The molecule has 1 heterocycles. The van der Waals surface area contributed by atoms with E-state index >= 15 is 0 Å². The van der Waals surface area contributed by atoms with Gasteiger partial charge in [-0.2, -0.15) is 5.10 Å². The molecule has 5 nitrogen and oxygen atoms in total. The van der Waals surface area contributed by atoms with Crippen molar-refractivity contribution in [2.45, 2.75) is 46.1 Å². The molecule has 0 aliphatic rings. The molecule has 1 amide bonds. The molecule has 0 radical (unpaired) electrons. The van der Waals surface area contributed by atoms with Crippen molar-refractivity contribution in [2.75, 3.05) is 20.6 Å². The molecule has 1 aromatic carbocycles. The molecule has 34 heavy (non-hydrogen) atoms. The van der Waals surface area contributed by atoms with E-state index in [0.29, 0.717) is 18.9 Å². The number of carbonyl (C=O) groups excluding carboxylic acids is 1. The van der Waals surface area contributed by atoms with Gasteiger partial charge in [0.2, 0.25) is 5.91 Å². The Kier molecular flexibility index (Phi) is 11.3. The van der Waals surface area contributed by atoms with Crippen LogP contribution in [0.2, 0.25) is 5.02 Å². The van der Waals surface area contributed by atoms with Crippen molar-refractivity contribution in [1.29, 1.82) is 0 Å². The molecular weight excluding hydrogens is 444 g/mol. The second-order valence-corrected chi connectivity index (χ2v) is 9.82. The van der Waals surface area contributed by atoms with Gasteiger partial charge in [-0.05, 0) is 62.9 Å². The van der Waals surface area contributed by atoms with Gasteiger partial charge in [-0.15, -0.1) is 0 Å². The lowest BCUT2D eigenvalue weighted by Crippen LogP contribution is -2.42. The average Bonchev–Trinajstić information content (AvgIpc) is 3.31. The molecule has 0 bridgehead atoms. The lowest BCUT2D eigenvalue weighted by atomic mass is 9.87. The molecule has 2 rings (SSSR count). The molecule has 2 N–H and O–H groups in total. The van der Waals surface area contributed by atoms with E-state index in [9.17, 15) is 4.79 Å². The summed E-state index contributed by atoms with van der Waals surface area (Å²) in [6, 6.07) is 6.21. The molecule has 0 aliphatic carbocycles. The molecule has 1 aromatic heterocycles. The number of likely N-dealkylation sites (N-methyl/N-ethyl adjacent to an activating group) is 1. The number of rotatable bonds is 13. The van der Waals surface area contributed by atoms with Crippen LogP contribution in [0, 0.1) is 11.8 Å². The van der Waals surface area contributed by atoms with Crippen molar-refractivity contribution in [1.82, 2.24) is 20.4 Å². The van der Waals surface area contributed by atoms with Gasteiger partial charge in [-0.1, -0.05) is 74.0 Å². The largest absolute Gasteiger partial charge is 0.355 e. The molecular formula is C28H39ClN4O. The van der Waals surface area contributed by atoms with Crippen LogP contribution >= 0.6 is 11.6 Å². The third kappa shape index (κ3) is 8.96. The third-order valence-corrected chi connectivity index (χ3v) is 6.28. The van der Waals surface area contributed by atoms with E-state index in [1.165, 1.54) is 0 Å². The summed E-state index contributed by atoms with van der Waals surface area (Å²) in [6.07, 6.45) is 13.7. The lowest BCUT2D eigenvalue weighted by Gasteiger charge is -2.26.